The summed E-state index contributed by atoms with van der Waals surface area (Å²) in [6, 6.07) is 1.73. The number of carbonyl (C=O) groups is 1. The van der Waals surface area contributed by atoms with Gasteiger partial charge in [0.2, 0.25) is 0 Å². The number of pyridine rings is 1. The van der Waals surface area contributed by atoms with Gasteiger partial charge in [0.25, 0.3) is 5.91 Å². The van der Waals surface area contributed by atoms with E-state index in [9.17, 15) is 4.79 Å². The molecule has 0 saturated heterocycles. The molecule has 5 nitrogen and oxygen atoms in total. The molecule has 0 aliphatic carbocycles. The molecule has 0 saturated carbocycles. The average Bonchev–Trinajstić information content (AvgIpc) is 2.61. The van der Waals surface area contributed by atoms with E-state index >= 15 is 0 Å². The Balaban J connectivity index is 2.23. The molecule has 0 fully saturated rings. The summed E-state index contributed by atoms with van der Waals surface area (Å²) >= 11 is 3.32. The summed E-state index contributed by atoms with van der Waals surface area (Å²) in [4.78, 5) is 15.9. The van der Waals surface area contributed by atoms with Gasteiger partial charge in [-0.15, -0.1) is 0 Å². The number of hydrogen-bond donors (Lipinski definition) is 1. The molecule has 0 aromatic carbocycles. The first kappa shape index (κ1) is 11.8. The van der Waals surface area contributed by atoms with Gasteiger partial charge in [-0.1, -0.05) is 0 Å². The minimum atomic E-state index is -0.178. The molecule has 0 spiro atoms. The van der Waals surface area contributed by atoms with Crippen molar-refractivity contribution in [2.24, 2.45) is 7.05 Å². The molecule has 0 radical (unpaired) electrons. The van der Waals surface area contributed by atoms with Crippen LogP contribution in [0.4, 0.5) is 5.69 Å². The quantitative estimate of drug-likeness (QED) is 0.923. The number of nitrogens with zero attached hydrogens (tertiary/aromatic N) is 3. The molecule has 2 rings (SSSR count). The van der Waals surface area contributed by atoms with Crippen LogP contribution < -0.4 is 5.32 Å². The Labute approximate surface area is 107 Å². The second-order valence-electron chi connectivity index (χ2n) is 3.61. The number of rotatable bonds is 2. The number of aromatic nitrogens is 3. The lowest BCUT2D eigenvalue weighted by atomic mass is 10.2. The zero-order valence-electron chi connectivity index (χ0n) is 9.44. The van der Waals surface area contributed by atoms with Gasteiger partial charge in [-0.05, 0) is 28.9 Å². The summed E-state index contributed by atoms with van der Waals surface area (Å²) in [5, 5.41) is 6.93. The van der Waals surface area contributed by atoms with E-state index in [1.807, 2.05) is 0 Å². The van der Waals surface area contributed by atoms with Crippen LogP contribution in [-0.4, -0.2) is 20.7 Å². The number of amides is 1. The molecular weight excluding hydrogens is 284 g/mol. The molecule has 2 heterocycles. The third-order valence-corrected chi connectivity index (χ3v) is 2.91. The summed E-state index contributed by atoms with van der Waals surface area (Å²) in [6.45, 7) is 1.80. The predicted molar refractivity (Wildman–Crippen MR) is 67.8 cm³/mol. The largest absolute Gasteiger partial charge is 0.321 e. The first-order chi connectivity index (χ1) is 8.08. The molecule has 2 aromatic heterocycles. The molecule has 1 amide bonds. The van der Waals surface area contributed by atoms with Gasteiger partial charge < -0.3 is 5.32 Å². The summed E-state index contributed by atoms with van der Waals surface area (Å²) in [5.41, 5.74) is 1.96. The van der Waals surface area contributed by atoms with E-state index in [0.717, 1.165) is 4.47 Å². The molecule has 0 unspecified atom stereocenters. The third-order valence-electron chi connectivity index (χ3n) is 2.28. The highest BCUT2D eigenvalue weighted by Crippen LogP contribution is 2.21. The Morgan fingerprint density at radius 1 is 1.53 bits per heavy atom. The number of nitrogens with one attached hydrogen (secondary N) is 1. The molecule has 2 aromatic rings. The molecule has 88 valence electrons. The molecule has 0 aliphatic heterocycles. The number of hydrogen-bond acceptors (Lipinski definition) is 3. The lowest BCUT2D eigenvalue weighted by Crippen LogP contribution is -2.12. The van der Waals surface area contributed by atoms with Gasteiger partial charge in [0, 0.05) is 25.6 Å². The van der Waals surface area contributed by atoms with E-state index in [4.69, 9.17) is 0 Å². The SMILES string of the molecule is Cc1nn(C)cc1C(=O)Nc1ccncc1Br. The van der Waals surface area contributed by atoms with Crippen LogP contribution in [0.1, 0.15) is 16.1 Å². The van der Waals surface area contributed by atoms with Crippen molar-refractivity contribution in [1.29, 1.82) is 0 Å². The minimum absolute atomic E-state index is 0.178. The third kappa shape index (κ3) is 2.52. The van der Waals surface area contributed by atoms with Crippen LogP contribution in [0.15, 0.2) is 29.1 Å². The van der Waals surface area contributed by atoms with Crippen LogP contribution in [0.25, 0.3) is 0 Å². The van der Waals surface area contributed by atoms with E-state index in [0.29, 0.717) is 16.9 Å². The summed E-state index contributed by atoms with van der Waals surface area (Å²) in [7, 11) is 1.78. The van der Waals surface area contributed by atoms with E-state index in [1.54, 1.807) is 43.3 Å². The number of anilines is 1. The molecule has 17 heavy (non-hydrogen) atoms. The number of halogens is 1. The summed E-state index contributed by atoms with van der Waals surface area (Å²) in [6.07, 6.45) is 4.95. The zero-order valence-corrected chi connectivity index (χ0v) is 11.0. The van der Waals surface area contributed by atoms with Crippen molar-refractivity contribution in [2.75, 3.05) is 5.32 Å². The minimum Gasteiger partial charge on any atom is -0.321 e. The first-order valence-electron chi connectivity index (χ1n) is 4.99. The van der Waals surface area contributed by atoms with Crippen molar-refractivity contribution in [3.63, 3.8) is 0 Å². The van der Waals surface area contributed by atoms with Gasteiger partial charge in [-0.2, -0.15) is 5.10 Å². The van der Waals surface area contributed by atoms with E-state index in [1.165, 1.54) is 0 Å². The van der Waals surface area contributed by atoms with Crippen molar-refractivity contribution >= 4 is 27.5 Å². The van der Waals surface area contributed by atoms with Crippen LogP contribution in [0.3, 0.4) is 0 Å². The van der Waals surface area contributed by atoms with Crippen molar-refractivity contribution < 1.29 is 4.79 Å². The molecule has 0 aliphatic rings. The van der Waals surface area contributed by atoms with E-state index in [2.05, 4.69) is 31.3 Å². The zero-order chi connectivity index (χ0) is 12.4. The average molecular weight is 295 g/mol. The summed E-state index contributed by atoms with van der Waals surface area (Å²) < 4.78 is 2.36. The fourth-order valence-corrected chi connectivity index (χ4v) is 1.84. The fraction of sp³-hybridized carbons (Fsp3) is 0.182. The maximum absolute atomic E-state index is 12.0. The van der Waals surface area contributed by atoms with Crippen LogP contribution in [0.2, 0.25) is 0 Å². The molecule has 0 bridgehead atoms. The van der Waals surface area contributed by atoms with Gasteiger partial charge >= 0.3 is 0 Å². The Hall–Kier alpha value is -1.69. The van der Waals surface area contributed by atoms with Crippen molar-refractivity contribution in [3.8, 4) is 0 Å². The van der Waals surface area contributed by atoms with Crippen molar-refractivity contribution in [2.45, 2.75) is 6.92 Å². The Morgan fingerprint density at radius 2 is 2.29 bits per heavy atom. The smallest absolute Gasteiger partial charge is 0.259 e. The Kier molecular flexibility index (Phi) is 3.23. The summed E-state index contributed by atoms with van der Waals surface area (Å²) in [5.74, 6) is -0.178. The molecule has 0 atom stereocenters. The fourth-order valence-electron chi connectivity index (χ4n) is 1.49. The van der Waals surface area contributed by atoms with E-state index < -0.39 is 0 Å². The van der Waals surface area contributed by atoms with Crippen molar-refractivity contribution in [1.82, 2.24) is 14.8 Å². The standard InChI is InChI=1S/C11H11BrN4O/c1-7-8(6-16(2)15-7)11(17)14-10-3-4-13-5-9(10)12/h3-6H,1-2H3,(H,13,14,17). The maximum atomic E-state index is 12.0. The second-order valence-corrected chi connectivity index (χ2v) is 4.47. The highest BCUT2D eigenvalue weighted by molar-refractivity contribution is 9.10. The van der Waals surface area contributed by atoms with Gasteiger partial charge in [0.1, 0.15) is 0 Å². The van der Waals surface area contributed by atoms with Gasteiger partial charge in [-0.3, -0.25) is 14.5 Å². The lowest BCUT2D eigenvalue weighted by molar-refractivity contribution is 0.102. The monoisotopic (exact) mass is 294 g/mol. The van der Waals surface area contributed by atoms with Crippen LogP contribution in [0.5, 0.6) is 0 Å². The Morgan fingerprint density at radius 3 is 2.88 bits per heavy atom. The second kappa shape index (κ2) is 4.67. The van der Waals surface area contributed by atoms with Crippen LogP contribution in [-0.2, 0) is 7.05 Å². The van der Waals surface area contributed by atoms with E-state index in [-0.39, 0.29) is 5.91 Å². The maximum Gasteiger partial charge on any atom is 0.259 e. The molecular formula is C11H11BrN4O. The first-order valence-corrected chi connectivity index (χ1v) is 5.78. The molecule has 6 heteroatoms. The Bertz CT molecular complexity index is 564. The molecule has 1 N–H and O–H groups in total. The van der Waals surface area contributed by atoms with Gasteiger partial charge in [0.05, 0.1) is 21.4 Å². The lowest BCUT2D eigenvalue weighted by Gasteiger charge is -2.05. The normalized spacial score (nSPS) is 10.3. The number of carbonyl (C=O) groups excluding carboxylic acids is 1. The van der Waals surface area contributed by atoms with Crippen molar-refractivity contribution in [3.05, 3.63) is 40.4 Å². The predicted octanol–water partition coefficient (Wildman–Crippen LogP) is 2.14. The van der Waals surface area contributed by atoms with Gasteiger partial charge in [-0.25, -0.2) is 0 Å². The highest BCUT2D eigenvalue weighted by atomic mass is 79.9. The van der Waals surface area contributed by atoms with Gasteiger partial charge in [0.15, 0.2) is 0 Å². The van der Waals surface area contributed by atoms with Crippen LogP contribution >= 0.6 is 15.9 Å². The highest BCUT2D eigenvalue weighted by Gasteiger charge is 2.13. The number of aryl methyl sites for hydroxylation is 2. The topological polar surface area (TPSA) is 59.8 Å². The van der Waals surface area contributed by atoms with Crippen LogP contribution in [0, 0.1) is 6.92 Å².